The Morgan fingerprint density at radius 3 is 1.50 bits per heavy atom. The van der Waals surface area contributed by atoms with E-state index in [0.717, 1.165) is 22.3 Å². The fourth-order valence-corrected chi connectivity index (χ4v) is 4.08. The van der Waals surface area contributed by atoms with Crippen LogP contribution in [0.2, 0.25) is 0 Å². The van der Waals surface area contributed by atoms with Gasteiger partial charge in [-0.3, -0.25) is 0 Å². The van der Waals surface area contributed by atoms with Crippen LogP contribution >= 0.6 is 0 Å². The van der Waals surface area contributed by atoms with Crippen molar-refractivity contribution in [2.45, 2.75) is 27.7 Å². The van der Waals surface area contributed by atoms with Gasteiger partial charge in [-0.2, -0.15) is 0 Å². The fraction of sp³-hybridized carbons (Fsp3) is 0.571. The van der Waals surface area contributed by atoms with Gasteiger partial charge in [-0.05, 0) is 27.7 Å². The number of rotatable bonds is 8. The average Bonchev–Trinajstić information content (AvgIpc) is 2.49. The summed E-state index contributed by atoms with van der Waals surface area (Å²) in [5, 5.41) is 1.03. The van der Waals surface area contributed by atoms with Gasteiger partial charge < -0.3 is 17.7 Å². The minimum Gasteiger partial charge on any atom is -0.428 e. The van der Waals surface area contributed by atoms with Crippen LogP contribution in [0.15, 0.2) is 30.3 Å². The zero-order valence-electron chi connectivity index (χ0n) is 13.3. The SMILES string of the molecule is CCO[SiH3].CCO[Si](OCC)(OCC)c1ccccc1. The van der Waals surface area contributed by atoms with Gasteiger partial charge >= 0.3 is 8.80 Å². The van der Waals surface area contributed by atoms with Crippen molar-refractivity contribution in [2.75, 3.05) is 26.4 Å². The van der Waals surface area contributed by atoms with E-state index in [9.17, 15) is 0 Å². The Kier molecular flexibility index (Phi) is 11.9. The van der Waals surface area contributed by atoms with Crippen LogP contribution < -0.4 is 5.19 Å². The topological polar surface area (TPSA) is 36.9 Å². The first-order chi connectivity index (χ1) is 9.70. The molecule has 0 fully saturated rings. The molecule has 116 valence electrons. The molecule has 0 radical (unpaired) electrons. The van der Waals surface area contributed by atoms with Crippen molar-refractivity contribution in [1.29, 1.82) is 0 Å². The van der Waals surface area contributed by atoms with E-state index >= 15 is 0 Å². The average molecular weight is 317 g/mol. The minimum absolute atomic E-state index is 0.598. The highest BCUT2D eigenvalue weighted by Crippen LogP contribution is 2.10. The molecule has 0 aliphatic heterocycles. The second kappa shape index (κ2) is 12.3. The van der Waals surface area contributed by atoms with Crippen LogP contribution in [0.25, 0.3) is 0 Å². The first-order valence-electron chi connectivity index (χ1n) is 7.16. The largest absolute Gasteiger partial charge is 0.537 e. The van der Waals surface area contributed by atoms with E-state index in [4.69, 9.17) is 13.3 Å². The summed E-state index contributed by atoms with van der Waals surface area (Å²) >= 11 is 0. The maximum Gasteiger partial charge on any atom is 0.537 e. The highest BCUT2D eigenvalue weighted by molar-refractivity contribution is 6.75. The van der Waals surface area contributed by atoms with E-state index in [1.165, 1.54) is 0 Å². The fourth-order valence-electron chi connectivity index (χ4n) is 1.59. The quantitative estimate of drug-likeness (QED) is 0.676. The predicted octanol–water partition coefficient (Wildman–Crippen LogP) is 1.25. The van der Waals surface area contributed by atoms with Crippen LogP contribution in [0.1, 0.15) is 27.7 Å². The summed E-state index contributed by atoms with van der Waals surface area (Å²) in [7, 11) is -1.78. The first kappa shape index (κ1) is 19.5. The van der Waals surface area contributed by atoms with Crippen LogP contribution in [0.3, 0.4) is 0 Å². The Morgan fingerprint density at radius 1 is 0.800 bits per heavy atom. The van der Waals surface area contributed by atoms with E-state index in [2.05, 4.69) is 4.43 Å². The van der Waals surface area contributed by atoms with Crippen molar-refractivity contribution >= 4 is 24.5 Å². The maximum absolute atomic E-state index is 5.79. The highest BCUT2D eigenvalue weighted by atomic mass is 28.4. The summed E-state index contributed by atoms with van der Waals surface area (Å²) < 4.78 is 22.1. The maximum atomic E-state index is 5.79. The van der Waals surface area contributed by atoms with E-state index in [-0.39, 0.29) is 0 Å². The third-order valence-corrected chi connectivity index (χ3v) is 6.04. The Bertz CT molecular complexity index is 303. The minimum atomic E-state index is -2.67. The van der Waals surface area contributed by atoms with E-state index in [1.54, 1.807) is 0 Å². The van der Waals surface area contributed by atoms with Crippen LogP contribution in [-0.4, -0.2) is 45.7 Å². The smallest absolute Gasteiger partial charge is 0.428 e. The molecule has 0 atom stereocenters. The van der Waals surface area contributed by atoms with Crippen molar-refractivity contribution in [1.82, 2.24) is 0 Å². The molecule has 20 heavy (non-hydrogen) atoms. The van der Waals surface area contributed by atoms with Crippen molar-refractivity contribution < 1.29 is 17.7 Å². The molecule has 1 aromatic rings. The zero-order valence-corrected chi connectivity index (χ0v) is 16.3. The van der Waals surface area contributed by atoms with Crippen LogP contribution in [0, 0.1) is 0 Å². The number of benzene rings is 1. The summed E-state index contributed by atoms with van der Waals surface area (Å²) in [5.41, 5.74) is 0. The lowest BCUT2D eigenvalue weighted by Crippen LogP contribution is -2.56. The molecular weight excluding hydrogens is 288 g/mol. The molecule has 0 spiro atoms. The monoisotopic (exact) mass is 316 g/mol. The van der Waals surface area contributed by atoms with Gasteiger partial charge in [0.2, 0.25) is 0 Å². The molecule has 0 aliphatic carbocycles. The van der Waals surface area contributed by atoms with Gasteiger partial charge in [0.05, 0.1) is 0 Å². The number of hydrogen-bond acceptors (Lipinski definition) is 4. The van der Waals surface area contributed by atoms with Gasteiger partial charge in [-0.1, -0.05) is 30.3 Å². The lowest BCUT2D eigenvalue weighted by molar-refractivity contribution is 0.0859. The molecule has 0 amide bonds. The zero-order chi connectivity index (χ0) is 15.3. The molecule has 0 saturated heterocycles. The van der Waals surface area contributed by atoms with E-state index < -0.39 is 8.80 Å². The van der Waals surface area contributed by atoms with Gasteiger partial charge in [-0.25, -0.2) is 0 Å². The molecule has 0 N–H and O–H groups in total. The molecule has 0 heterocycles. The molecule has 1 aromatic carbocycles. The molecular formula is C14H28O4Si2. The van der Waals surface area contributed by atoms with Crippen LogP contribution in [0.5, 0.6) is 0 Å². The number of hydrogen-bond donors (Lipinski definition) is 0. The molecule has 6 heteroatoms. The van der Waals surface area contributed by atoms with Gasteiger partial charge in [0.25, 0.3) is 0 Å². The molecule has 0 aliphatic rings. The molecule has 0 bridgehead atoms. The van der Waals surface area contributed by atoms with Crippen LogP contribution in [0.4, 0.5) is 0 Å². The third kappa shape index (κ3) is 6.78. The second-order valence-electron chi connectivity index (χ2n) is 3.80. The van der Waals surface area contributed by atoms with E-state index in [0.29, 0.717) is 19.8 Å². The molecule has 0 aromatic heterocycles. The summed E-state index contributed by atoms with van der Waals surface area (Å²) in [6.07, 6.45) is 0. The second-order valence-corrected chi connectivity index (χ2v) is 6.93. The van der Waals surface area contributed by atoms with Crippen molar-refractivity contribution in [3.05, 3.63) is 30.3 Å². The summed E-state index contributed by atoms with van der Waals surface area (Å²) in [4.78, 5) is 0. The Balaban J connectivity index is 0.000000796. The Labute approximate surface area is 127 Å². The molecule has 4 nitrogen and oxygen atoms in total. The molecule has 1 rings (SSSR count). The van der Waals surface area contributed by atoms with E-state index in [1.807, 2.05) is 58.0 Å². The van der Waals surface area contributed by atoms with Gasteiger partial charge in [-0.15, -0.1) is 0 Å². The lowest BCUT2D eigenvalue weighted by atomic mass is 10.4. The summed E-state index contributed by atoms with van der Waals surface area (Å²) in [6.45, 7) is 10.6. The van der Waals surface area contributed by atoms with Crippen molar-refractivity contribution in [3.8, 4) is 0 Å². The van der Waals surface area contributed by atoms with Crippen LogP contribution in [-0.2, 0) is 17.7 Å². The predicted molar refractivity (Wildman–Crippen MR) is 88.3 cm³/mol. The molecule has 0 unspecified atom stereocenters. The lowest BCUT2D eigenvalue weighted by Gasteiger charge is -2.28. The summed E-state index contributed by atoms with van der Waals surface area (Å²) in [5.74, 6) is 0. The standard InChI is InChI=1S/C12H20O3Si.C2H8OSi/c1-4-13-16(14-5-2,15-6-3)12-10-8-7-9-11-12;1-2-3-4/h7-11H,4-6H2,1-3H3;2H2,1,4H3. The van der Waals surface area contributed by atoms with Gasteiger partial charge in [0, 0.05) is 31.6 Å². The van der Waals surface area contributed by atoms with Gasteiger partial charge in [0.1, 0.15) is 10.5 Å². The van der Waals surface area contributed by atoms with Crippen molar-refractivity contribution in [2.24, 2.45) is 0 Å². The Morgan fingerprint density at radius 2 is 1.20 bits per heavy atom. The molecule has 0 saturated carbocycles. The third-order valence-electron chi connectivity index (χ3n) is 2.42. The normalized spacial score (nSPS) is 11.0. The Hall–Kier alpha value is -0.506. The van der Waals surface area contributed by atoms with Crippen molar-refractivity contribution in [3.63, 3.8) is 0 Å². The highest BCUT2D eigenvalue weighted by Gasteiger charge is 2.42. The summed E-state index contributed by atoms with van der Waals surface area (Å²) in [6, 6.07) is 9.95. The van der Waals surface area contributed by atoms with Gasteiger partial charge in [0.15, 0.2) is 0 Å². The first-order valence-corrected chi connectivity index (χ1v) is 9.71.